The topological polar surface area (TPSA) is 49.3 Å². The second-order valence-electron chi connectivity index (χ2n) is 4.00. The molecule has 2 atom stereocenters. The SMILES string of the molecule is CCNC(CCO)CS(=O)Cc1ccccc1. The van der Waals surface area contributed by atoms with Crippen LogP contribution in [0.1, 0.15) is 18.9 Å². The molecule has 3 nitrogen and oxygen atoms in total. The van der Waals surface area contributed by atoms with Gasteiger partial charge in [0.25, 0.3) is 0 Å². The minimum Gasteiger partial charge on any atom is -0.396 e. The van der Waals surface area contributed by atoms with E-state index in [1.54, 1.807) is 0 Å². The summed E-state index contributed by atoms with van der Waals surface area (Å²) >= 11 is 0. The molecule has 96 valence electrons. The molecule has 1 aromatic carbocycles. The Labute approximate surface area is 106 Å². The van der Waals surface area contributed by atoms with E-state index in [4.69, 9.17) is 5.11 Å². The molecule has 2 N–H and O–H groups in total. The fraction of sp³-hybridized carbons (Fsp3) is 0.538. The zero-order valence-electron chi connectivity index (χ0n) is 10.3. The van der Waals surface area contributed by atoms with Crippen molar-refractivity contribution in [3.8, 4) is 0 Å². The average molecular weight is 255 g/mol. The van der Waals surface area contributed by atoms with Crippen molar-refractivity contribution < 1.29 is 9.32 Å². The largest absolute Gasteiger partial charge is 0.396 e. The van der Waals surface area contributed by atoms with Crippen LogP contribution in [0.3, 0.4) is 0 Å². The molecule has 1 aromatic rings. The van der Waals surface area contributed by atoms with Gasteiger partial charge in [-0.2, -0.15) is 0 Å². The number of aliphatic hydroxyl groups is 1. The highest BCUT2D eigenvalue weighted by molar-refractivity contribution is 7.84. The molecule has 0 aromatic heterocycles. The lowest BCUT2D eigenvalue weighted by Gasteiger charge is -2.16. The van der Waals surface area contributed by atoms with E-state index in [0.29, 0.717) is 17.9 Å². The van der Waals surface area contributed by atoms with Crippen LogP contribution in [0, 0.1) is 0 Å². The molecule has 0 saturated carbocycles. The van der Waals surface area contributed by atoms with Crippen LogP contribution in [0.25, 0.3) is 0 Å². The third-order valence-electron chi connectivity index (χ3n) is 2.53. The van der Waals surface area contributed by atoms with Crippen LogP contribution < -0.4 is 5.32 Å². The molecule has 0 spiro atoms. The van der Waals surface area contributed by atoms with Gasteiger partial charge in [0.05, 0.1) is 0 Å². The van der Waals surface area contributed by atoms with Crippen LogP contribution in [0.5, 0.6) is 0 Å². The summed E-state index contributed by atoms with van der Waals surface area (Å²) in [5.41, 5.74) is 1.10. The van der Waals surface area contributed by atoms with Gasteiger partial charge in [0.2, 0.25) is 0 Å². The molecule has 0 saturated heterocycles. The molecule has 0 aliphatic rings. The number of aliphatic hydroxyl groups excluding tert-OH is 1. The number of benzene rings is 1. The van der Waals surface area contributed by atoms with Gasteiger partial charge in [-0.25, -0.2) is 0 Å². The van der Waals surface area contributed by atoms with Crippen LogP contribution in [0.2, 0.25) is 0 Å². The summed E-state index contributed by atoms with van der Waals surface area (Å²) in [4.78, 5) is 0. The van der Waals surface area contributed by atoms with Crippen molar-refractivity contribution in [3.63, 3.8) is 0 Å². The van der Waals surface area contributed by atoms with Crippen molar-refractivity contribution in [3.05, 3.63) is 35.9 Å². The van der Waals surface area contributed by atoms with E-state index in [2.05, 4.69) is 5.32 Å². The summed E-state index contributed by atoms with van der Waals surface area (Å²) < 4.78 is 12.0. The standard InChI is InChI=1S/C13H21NO2S/c1-2-14-13(8-9-15)11-17(16)10-12-6-4-3-5-7-12/h3-7,13-15H,2,8-11H2,1H3. The lowest BCUT2D eigenvalue weighted by atomic mass is 10.2. The van der Waals surface area contributed by atoms with Gasteiger partial charge in [0, 0.05) is 35.0 Å². The molecule has 4 heteroatoms. The molecule has 2 unspecified atom stereocenters. The van der Waals surface area contributed by atoms with Crippen LogP contribution in [-0.2, 0) is 16.6 Å². The third kappa shape index (κ3) is 5.96. The highest BCUT2D eigenvalue weighted by Crippen LogP contribution is 2.05. The van der Waals surface area contributed by atoms with E-state index in [9.17, 15) is 4.21 Å². The van der Waals surface area contributed by atoms with Gasteiger partial charge in [-0.3, -0.25) is 4.21 Å². The maximum absolute atomic E-state index is 12.0. The molecule has 0 aliphatic heterocycles. The van der Waals surface area contributed by atoms with Crippen molar-refractivity contribution in [1.29, 1.82) is 0 Å². The summed E-state index contributed by atoms with van der Waals surface area (Å²) in [5, 5.41) is 12.2. The quantitative estimate of drug-likeness (QED) is 0.736. The van der Waals surface area contributed by atoms with Gasteiger partial charge in [0.1, 0.15) is 0 Å². The first-order chi connectivity index (χ1) is 8.26. The summed E-state index contributed by atoms with van der Waals surface area (Å²) in [6.07, 6.45) is 0.661. The number of nitrogens with one attached hydrogen (secondary N) is 1. The number of rotatable bonds is 8. The molecule has 0 bridgehead atoms. The van der Waals surface area contributed by atoms with E-state index in [0.717, 1.165) is 12.1 Å². The predicted molar refractivity (Wildman–Crippen MR) is 72.3 cm³/mol. The minimum atomic E-state index is -0.878. The first-order valence-electron chi connectivity index (χ1n) is 5.99. The smallest absolute Gasteiger partial charge is 0.0486 e. The van der Waals surface area contributed by atoms with E-state index in [1.807, 2.05) is 37.3 Å². The Morgan fingerprint density at radius 2 is 2.06 bits per heavy atom. The second-order valence-corrected chi connectivity index (χ2v) is 5.50. The summed E-state index contributed by atoms with van der Waals surface area (Å²) in [6.45, 7) is 3.00. The van der Waals surface area contributed by atoms with Gasteiger partial charge in [-0.05, 0) is 18.5 Å². The van der Waals surface area contributed by atoms with Crippen LogP contribution in [0.15, 0.2) is 30.3 Å². The average Bonchev–Trinajstić information content (AvgIpc) is 2.30. The molecule has 0 radical (unpaired) electrons. The molecular weight excluding hydrogens is 234 g/mol. The molecule has 0 aliphatic carbocycles. The molecule has 17 heavy (non-hydrogen) atoms. The predicted octanol–water partition coefficient (Wildman–Crippen LogP) is 1.30. The summed E-state index contributed by atoms with van der Waals surface area (Å²) in [7, 11) is -0.878. The zero-order chi connectivity index (χ0) is 12.5. The normalized spacial score (nSPS) is 14.5. The highest BCUT2D eigenvalue weighted by Gasteiger charge is 2.11. The van der Waals surface area contributed by atoms with Crippen molar-refractivity contribution in [2.24, 2.45) is 0 Å². The third-order valence-corrected chi connectivity index (χ3v) is 3.96. The van der Waals surface area contributed by atoms with E-state index >= 15 is 0 Å². The van der Waals surface area contributed by atoms with Crippen molar-refractivity contribution in [2.75, 3.05) is 18.9 Å². The first kappa shape index (κ1) is 14.4. The lowest BCUT2D eigenvalue weighted by molar-refractivity contribution is 0.270. The summed E-state index contributed by atoms with van der Waals surface area (Å²) in [5.74, 6) is 1.19. The number of hydrogen-bond acceptors (Lipinski definition) is 3. The first-order valence-corrected chi connectivity index (χ1v) is 7.48. The minimum absolute atomic E-state index is 0.139. The van der Waals surface area contributed by atoms with Gasteiger partial charge >= 0.3 is 0 Å². The Morgan fingerprint density at radius 1 is 1.35 bits per heavy atom. The molecular formula is C13H21NO2S. The lowest BCUT2D eigenvalue weighted by Crippen LogP contribution is -2.35. The van der Waals surface area contributed by atoms with Crippen LogP contribution in [0.4, 0.5) is 0 Å². The maximum Gasteiger partial charge on any atom is 0.0486 e. The van der Waals surface area contributed by atoms with Crippen LogP contribution >= 0.6 is 0 Å². The Balaban J connectivity index is 2.42. The van der Waals surface area contributed by atoms with Gasteiger partial charge in [-0.15, -0.1) is 0 Å². The highest BCUT2D eigenvalue weighted by atomic mass is 32.2. The fourth-order valence-corrected chi connectivity index (χ4v) is 3.15. The van der Waals surface area contributed by atoms with Crippen molar-refractivity contribution in [1.82, 2.24) is 5.32 Å². The zero-order valence-corrected chi connectivity index (χ0v) is 11.1. The van der Waals surface area contributed by atoms with Crippen molar-refractivity contribution in [2.45, 2.75) is 25.1 Å². The molecule has 0 fully saturated rings. The van der Waals surface area contributed by atoms with Gasteiger partial charge in [0.15, 0.2) is 0 Å². The monoisotopic (exact) mass is 255 g/mol. The Kier molecular flexibility index (Phi) is 7.08. The number of hydrogen-bond donors (Lipinski definition) is 2. The molecule has 0 amide bonds. The van der Waals surface area contributed by atoms with Crippen LogP contribution in [-0.4, -0.2) is 34.3 Å². The van der Waals surface area contributed by atoms with Crippen molar-refractivity contribution >= 4 is 10.8 Å². The van der Waals surface area contributed by atoms with Gasteiger partial charge < -0.3 is 10.4 Å². The maximum atomic E-state index is 12.0. The Morgan fingerprint density at radius 3 is 2.65 bits per heavy atom. The van der Waals surface area contributed by atoms with E-state index in [1.165, 1.54) is 0 Å². The Hall–Kier alpha value is -0.710. The molecule has 0 heterocycles. The van der Waals surface area contributed by atoms with Gasteiger partial charge in [-0.1, -0.05) is 37.3 Å². The fourth-order valence-electron chi connectivity index (χ4n) is 1.73. The Bertz CT molecular complexity index is 323. The van der Waals surface area contributed by atoms with E-state index < -0.39 is 10.8 Å². The molecule has 1 rings (SSSR count). The second kappa shape index (κ2) is 8.39. The van der Waals surface area contributed by atoms with E-state index in [-0.39, 0.29) is 12.6 Å². The summed E-state index contributed by atoms with van der Waals surface area (Å²) in [6, 6.07) is 10.0.